The van der Waals surface area contributed by atoms with Gasteiger partial charge >= 0.3 is 0 Å². The second-order valence-corrected chi connectivity index (χ2v) is 11.7. The van der Waals surface area contributed by atoms with Crippen LogP contribution in [0.3, 0.4) is 0 Å². The summed E-state index contributed by atoms with van der Waals surface area (Å²) in [5.74, 6) is -0.697. The van der Waals surface area contributed by atoms with Crippen LogP contribution in [0.2, 0.25) is 5.02 Å². The van der Waals surface area contributed by atoms with E-state index in [2.05, 4.69) is 20.3 Å². The summed E-state index contributed by atoms with van der Waals surface area (Å²) in [6, 6.07) is 5.89. The number of nitrogens with two attached hydrogens (primary N) is 1. The van der Waals surface area contributed by atoms with Crippen molar-refractivity contribution in [1.82, 2.24) is 9.97 Å². The number of rotatable bonds is 4. The molecular weight excluding hydrogens is 469 g/mol. The van der Waals surface area contributed by atoms with Gasteiger partial charge in [-0.25, -0.2) is 17.8 Å². The molecule has 0 aliphatic carbocycles. The van der Waals surface area contributed by atoms with Crippen molar-refractivity contribution in [3.8, 4) is 0 Å². The Morgan fingerprint density at radius 3 is 2.61 bits per heavy atom. The number of aliphatic imine (C=N–C) groups is 1. The molecule has 8 nitrogen and oxygen atoms in total. The number of aromatic nitrogens is 2. The van der Waals surface area contributed by atoms with E-state index in [4.69, 9.17) is 17.3 Å². The summed E-state index contributed by atoms with van der Waals surface area (Å²) in [4.78, 5) is 13.0. The number of amidine groups is 1. The van der Waals surface area contributed by atoms with Crippen LogP contribution in [-0.4, -0.2) is 39.8 Å². The Balaban J connectivity index is 1.79. The van der Waals surface area contributed by atoms with Crippen LogP contribution >= 0.6 is 11.6 Å². The van der Waals surface area contributed by atoms with Gasteiger partial charge in [0.25, 0.3) is 0 Å². The molecule has 0 fully saturated rings. The Bertz CT molecular complexity index is 1410. The highest BCUT2D eigenvalue weighted by Crippen LogP contribution is 2.39. The first kappa shape index (κ1) is 23.3. The topological polar surface area (TPSA) is 131 Å². The van der Waals surface area contributed by atoms with Crippen molar-refractivity contribution < 1.29 is 17.9 Å². The maximum atomic E-state index is 14.9. The van der Waals surface area contributed by atoms with Gasteiger partial charge in [0.15, 0.2) is 15.7 Å². The molecule has 33 heavy (non-hydrogen) atoms. The Morgan fingerprint density at radius 2 is 1.94 bits per heavy atom. The van der Waals surface area contributed by atoms with E-state index in [1.165, 1.54) is 44.4 Å². The highest BCUT2D eigenvalue weighted by atomic mass is 35.5. The maximum Gasteiger partial charge on any atom is 0.165 e. The lowest BCUT2D eigenvalue weighted by molar-refractivity contribution is 0.283. The van der Waals surface area contributed by atoms with Crippen molar-refractivity contribution in [2.24, 2.45) is 10.7 Å². The summed E-state index contributed by atoms with van der Waals surface area (Å²) in [6.45, 7) is 4.28. The number of anilines is 2. The van der Waals surface area contributed by atoms with Crippen molar-refractivity contribution in [3.05, 3.63) is 58.6 Å². The molecule has 0 saturated heterocycles. The normalized spacial score (nSPS) is 21.6. The second kappa shape index (κ2) is 7.89. The van der Waals surface area contributed by atoms with E-state index in [0.29, 0.717) is 33.0 Å². The van der Waals surface area contributed by atoms with Gasteiger partial charge in [-0.2, -0.15) is 0 Å². The van der Waals surface area contributed by atoms with Crippen molar-refractivity contribution in [1.29, 1.82) is 0 Å². The molecule has 4 rings (SSSR count). The standard InChI is InChI=1S/C22H23ClFN5O3S/c1-21(2)20(25)29-22(3,11-33(21,31)32)16-7-14(4-5-17(16)24)28-19-18-15(6-13(23)9-26-18)12(10-30)8-27-19/h4-9,30H,10-11H2,1-3H3,(H2,25,29)(H,27,28). The van der Waals surface area contributed by atoms with Crippen LogP contribution in [0.15, 0.2) is 41.7 Å². The molecule has 1 aromatic carbocycles. The van der Waals surface area contributed by atoms with Gasteiger partial charge in [-0.15, -0.1) is 0 Å². The van der Waals surface area contributed by atoms with E-state index in [1.54, 1.807) is 13.0 Å². The fraction of sp³-hybridized carbons (Fsp3) is 0.318. The molecule has 3 aromatic rings. The maximum absolute atomic E-state index is 14.9. The van der Waals surface area contributed by atoms with Crippen LogP contribution in [0.5, 0.6) is 0 Å². The number of aliphatic hydroxyl groups is 1. The quantitative estimate of drug-likeness (QED) is 0.509. The number of benzene rings is 1. The zero-order chi connectivity index (χ0) is 24.2. The molecule has 3 heterocycles. The molecule has 4 N–H and O–H groups in total. The molecule has 0 amide bonds. The number of aliphatic hydroxyl groups excluding tert-OH is 1. The molecule has 1 aliphatic rings. The van der Waals surface area contributed by atoms with Crippen molar-refractivity contribution in [2.45, 2.75) is 37.7 Å². The third kappa shape index (κ3) is 3.92. The van der Waals surface area contributed by atoms with E-state index in [0.717, 1.165) is 0 Å². The van der Waals surface area contributed by atoms with Gasteiger partial charge in [-0.3, -0.25) is 9.98 Å². The van der Waals surface area contributed by atoms with E-state index < -0.39 is 25.9 Å². The van der Waals surface area contributed by atoms with Gasteiger partial charge in [0.1, 0.15) is 27.5 Å². The zero-order valence-corrected chi connectivity index (χ0v) is 19.8. The van der Waals surface area contributed by atoms with E-state index in [1.807, 2.05) is 0 Å². The summed E-state index contributed by atoms with van der Waals surface area (Å²) in [6.07, 6.45) is 2.95. The summed E-state index contributed by atoms with van der Waals surface area (Å²) in [5, 5.41) is 13.7. The average Bonchev–Trinajstić information content (AvgIpc) is 2.73. The van der Waals surface area contributed by atoms with Crippen LogP contribution < -0.4 is 11.1 Å². The number of hydrogen-bond acceptors (Lipinski definition) is 8. The van der Waals surface area contributed by atoms with Crippen LogP contribution in [-0.2, 0) is 22.0 Å². The number of fused-ring (bicyclic) bond motifs is 1. The Hall–Kier alpha value is -2.82. The van der Waals surface area contributed by atoms with Crippen molar-refractivity contribution in [2.75, 3.05) is 11.1 Å². The number of sulfone groups is 1. The minimum Gasteiger partial charge on any atom is -0.392 e. The van der Waals surface area contributed by atoms with Gasteiger partial charge in [0.2, 0.25) is 0 Å². The first-order valence-electron chi connectivity index (χ1n) is 10.1. The molecule has 1 aliphatic heterocycles. The molecule has 0 radical (unpaired) electrons. The van der Waals surface area contributed by atoms with E-state index >= 15 is 0 Å². The molecule has 0 saturated carbocycles. The fourth-order valence-corrected chi connectivity index (χ4v) is 5.64. The molecule has 0 spiro atoms. The van der Waals surface area contributed by atoms with E-state index in [-0.39, 0.29) is 23.8 Å². The average molecular weight is 492 g/mol. The highest BCUT2D eigenvalue weighted by molar-refractivity contribution is 7.93. The number of nitrogens with one attached hydrogen (secondary N) is 1. The molecule has 174 valence electrons. The smallest absolute Gasteiger partial charge is 0.165 e. The number of pyridine rings is 2. The Morgan fingerprint density at radius 1 is 1.21 bits per heavy atom. The van der Waals surface area contributed by atoms with Gasteiger partial charge in [-0.1, -0.05) is 11.6 Å². The number of hydrogen-bond donors (Lipinski definition) is 3. The number of halogens is 2. The van der Waals surface area contributed by atoms with Gasteiger partial charge in [0.05, 0.1) is 17.4 Å². The largest absolute Gasteiger partial charge is 0.392 e. The van der Waals surface area contributed by atoms with Crippen LogP contribution in [0.4, 0.5) is 15.9 Å². The SMILES string of the molecule is CC1(c2cc(Nc3ncc(CO)c4cc(Cl)cnc34)ccc2F)CS(=O)(=O)C(C)(C)C(N)=N1. The van der Waals surface area contributed by atoms with Gasteiger partial charge in [-0.05, 0) is 45.0 Å². The molecule has 2 aromatic heterocycles. The minimum atomic E-state index is -3.70. The third-order valence-corrected chi connectivity index (χ3v) is 8.90. The van der Waals surface area contributed by atoms with Crippen LogP contribution in [0.1, 0.15) is 31.9 Å². The third-order valence-electron chi connectivity index (χ3n) is 5.99. The summed E-state index contributed by atoms with van der Waals surface area (Å²) < 4.78 is 39.3. The van der Waals surface area contributed by atoms with Crippen LogP contribution in [0.25, 0.3) is 10.9 Å². The molecule has 1 atom stereocenters. The summed E-state index contributed by atoms with van der Waals surface area (Å²) in [5.41, 5.74) is 6.15. The summed E-state index contributed by atoms with van der Waals surface area (Å²) in [7, 11) is -3.70. The van der Waals surface area contributed by atoms with Crippen molar-refractivity contribution in [3.63, 3.8) is 0 Å². The lowest BCUT2D eigenvalue weighted by Crippen LogP contribution is -2.54. The lowest BCUT2D eigenvalue weighted by atomic mass is 9.92. The predicted octanol–water partition coefficient (Wildman–Crippen LogP) is 3.44. The molecule has 1 unspecified atom stereocenters. The first-order chi connectivity index (χ1) is 15.4. The van der Waals surface area contributed by atoms with Gasteiger partial charge < -0.3 is 16.2 Å². The minimum absolute atomic E-state index is 0.0673. The van der Waals surface area contributed by atoms with E-state index in [9.17, 15) is 17.9 Å². The predicted molar refractivity (Wildman–Crippen MR) is 127 cm³/mol. The molecular formula is C22H23ClFN5O3S. The fourth-order valence-electron chi connectivity index (χ4n) is 3.80. The Kier molecular flexibility index (Phi) is 5.58. The monoisotopic (exact) mass is 491 g/mol. The second-order valence-electron chi connectivity index (χ2n) is 8.70. The molecule has 11 heteroatoms. The Labute approximate surface area is 195 Å². The molecule has 0 bridgehead atoms. The highest BCUT2D eigenvalue weighted by Gasteiger charge is 2.49. The van der Waals surface area contributed by atoms with Crippen molar-refractivity contribution >= 4 is 49.7 Å². The van der Waals surface area contributed by atoms with Crippen LogP contribution in [0, 0.1) is 5.82 Å². The summed E-state index contributed by atoms with van der Waals surface area (Å²) >= 11 is 6.06. The zero-order valence-electron chi connectivity index (χ0n) is 18.2. The number of nitrogens with zero attached hydrogens (tertiary/aromatic N) is 3. The first-order valence-corrected chi connectivity index (χ1v) is 12.1. The lowest BCUT2D eigenvalue weighted by Gasteiger charge is -2.38. The van der Waals surface area contributed by atoms with Gasteiger partial charge in [0, 0.05) is 34.6 Å².